The Morgan fingerprint density at radius 2 is 2.18 bits per heavy atom. The van der Waals surface area contributed by atoms with Crippen LogP contribution >= 0.6 is 0 Å². The molecule has 0 aliphatic carbocycles. The Morgan fingerprint density at radius 3 is 3.09 bits per heavy atom. The number of imidazole rings is 1. The Balaban J connectivity index is 1.83. The van der Waals surface area contributed by atoms with Gasteiger partial charge >= 0.3 is 0 Å². The lowest BCUT2D eigenvalue weighted by atomic mass is 10.1. The number of para-hydroxylation sites is 2. The summed E-state index contributed by atoms with van der Waals surface area (Å²) in [6.45, 7) is 0.819. The van der Waals surface area contributed by atoms with Gasteiger partial charge in [-0.05, 0) is 24.3 Å². The van der Waals surface area contributed by atoms with Crippen LogP contribution in [0.15, 0.2) is 42.7 Å². The van der Waals surface area contributed by atoms with Gasteiger partial charge in [-0.1, -0.05) is 12.1 Å². The average Bonchev–Trinajstić information content (AvgIpc) is 3.01. The summed E-state index contributed by atoms with van der Waals surface area (Å²) < 4.78 is 19.3. The number of halogens is 1. The van der Waals surface area contributed by atoms with Gasteiger partial charge in [0.05, 0.1) is 29.6 Å². The van der Waals surface area contributed by atoms with Gasteiger partial charge in [-0.3, -0.25) is 4.79 Å². The zero-order valence-electron chi connectivity index (χ0n) is 11.5. The van der Waals surface area contributed by atoms with E-state index >= 15 is 0 Å². The van der Waals surface area contributed by atoms with Crippen molar-refractivity contribution in [3.05, 3.63) is 54.1 Å². The summed E-state index contributed by atoms with van der Waals surface area (Å²) in [5, 5.41) is 0. The van der Waals surface area contributed by atoms with E-state index in [1.54, 1.807) is 4.90 Å². The second-order valence-corrected chi connectivity index (χ2v) is 5.03. The minimum Gasteiger partial charge on any atom is -0.490 e. The summed E-state index contributed by atoms with van der Waals surface area (Å²) in [6.07, 6.45) is 1.45. The van der Waals surface area contributed by atoms with Crippen LogP contribution in [-0.4, -0.2) is 29.0 Å². The Hall–Kier alpha value is -2.89. The molecular formula is C16H12FN3O2. The van der Waals surface area contributed by atoms with Gasteiger partial charge in [-0.25, -0.2) is 9.37 Å². The lowest BCUT2D eigenvalue weighted by Gasteiger charge is -2.29. The molecule has 0 saturated carbocycles. The number of H-pyrrole nitrogens is 1. The number of carbonyl (C=O) groups is 1. The molecule has 1 N–H and O–H groups in total. The van der Waals surface area contributed by atoms with Gasteiger partial charge in [0.15, 0.2) is 0 Å². The molecule has 1 aromatic heterocycles. The second-order valence-electron chi connectivity index (χ2n) is 5.03. The van der Waals surface area contributed by atoms with E-state index in [9.17, 15) is 9.18 Å². The molecule has 0 spiro atoms. The molecule has 0 radical (unpaired) electrons. The normalized spacial score (nSPS) is 13.8. The van der Waals surface area contributed by atoms with Crippen molar-refractivity contribution in [1.29, 1.82) is 0 Å². The number of rotatable bonds is 1. The van der Waals surface area contributed by atoms with Crippen LogP contribution in [0.1, 0.15) is 10.4 Å². The largest absolute Gasteiger partial charge is 0.490 e. The first-order valence-electron chi connectivity index (χ1n) is 6.90. The predicted molar refractivity (Wildman–Crippen MR) is 79.7 cm³/mol. The number of carbonyl (C=O) groups excluding carboxylic acids is 1. The van der Waals surface area contributed by atoms with Crippen molar-refractivity contribution < 1.29 is 13.9 Å². The number of hydrogen-bond acceptors (Lipinski definition) is 3. The highest BCUT2D eigenvalue weighted by Gasteiger charge is 2.26. The highest BCUT2D eigenvalue weighted by atomic mass is 19.1. The van der Waals surface area contributed by atoms with E-state index < -0.39 is 5.82 Å². The van der Waals surface area contributed by atoms with Gasteiger partial charge < -0.3 is 14.6 Å². The number of aromatic amines is 1. The number of fused-ring (bicyclic) bond motifs is 2. The molecule has 0 fully saturated rings. The lowest BCUT2D eigenvalue weighted by Crippen LogP contribution is -2.38. The molecule has 110 valence electrons. The van der Waals surface area contributed by atoms with Crippen LogP contribution < -0.4 is 9.64 Å². The van der Waals surface area contributed by atoms with Gasteiger partial charge in [-0.2, -0.15) is 0 Å². The number of benzene rings is 2. The summed E-state index contributed by atoms with van der Waals surface area (Å²) in [7, 11) is 0. The molecule has 0 unspecified atom stereocenters. The van der Waals surface area contributed by atoms with Gasteiger partial charge in [0.25, 0.3) is 5.91 Å². The van der Waals surface area contributed by atoms with Gasteiger partial charge in [0.1, 0.15) is 23.7 Å². The summed E-state index contributed by atoms with van der Waals surface area (Å²) in [6, 6.07) is 9.86. The molecule has 1 aliphatic rings. The topological polar surface area (TPSA) is 58.2 Å². The van der Waals surface area contributed by atoms with Crippen LogP contribution in [0, 0.1) is 5.82 Å². The number of nitrogens with one attached hydrogen (secondary N) is 1. The van der Waals surface area contributed by atoms with Crippen molar-refractivity contribution in [2.75, 3.05) is 18.1 Å². The standard InChI is InChI=1S/C16H12FN3O2/c17-10-7-11(15-12(8-10)18-9-19-15)16(21)20-5-6-22-14-4-2-1-3-13(14)20/h1-4,7-9H,5-6H2,(H,18,19). The van der Waals surface area contributed by atoms with Gasteiger partial charge in [0, 0.05) is 0 Å². The minimum absolute atomic E-state index is 0.243. The summed E-state index contributed by atoms with van der Waals surface area (Å²) >= 11 is 0. The Bertz CT molecular complexity index is 875. The molecule has 0 bridgehead atoms. The summed E-state index contributed by atoms with van der Waals surface area (Å²) in [5.41, 5.74) is 1.90. The monoisotopic (exact) mass is 297 g/mol. The van der Waals surface area contributed by atoms with E-state index in [1.165, 1.54) is 18.5 Å². The third kappa shape index (κ3) is 1.92. The molecule has 1 aliphatic heterocycles. The number of aromatic nitrogens is 2. The van der Waals surface area contributed by atoms with Gasteiger partial charge in [0.2, 0.25) is 0 Å². The fourth-order valence-corrected chi connectivity index (χ4v) is 2.70. The van der Waals surface area contributed by atoms with Crippen LogP contribution in [0.5, 0.6) is 5.75 Å². The summed E-state index contributed by atoms with van der Waals surface area (Å²) in [4.78, 5) is 21.4. The fourth-order valence-electron chi connectivity index (χ4n) is 2.70. The Morgan fingerprint density at radius 1 is 1.32 bits per heavy atom. The van der Waals surface area contributed by atoms with Crippen LogP contribution in [0.3, 0.4) is 0 Å². The number of ether oxygens (including phenoxy) is 1. The Labute approximate surface area is 125 Å². The van der Waals surface area contributed by atoms with Crippen LogP contribution in [0.4, 0.5) is 10.1 Å². The van der Waals surface area contributed by atoms with Gasteiger partial charge in [-0.15, -0.1) is 0 Å². The first kappa shape index (κ1) is 12.8. The average molecular weight is 297 g/mol. The second kappa shape index (κ2) is 4.84. The number of amides is 1. The highest BCUT2D eigenvalue weighted by Crippen LogP contribution is 2.32. The maximum atomic E-state index is 13.8. The van der Waals surface area contributed by atoms with Crippen LogP contribution in [0.25, 0.3) is 11.0 Å². The van der Waals surface area contributed by atoms with Crippen molar-refractivity contribution in [1.82, 2.24) is 9.97 Å². The molecule has 2 heterocycles. The molecule has 0 atom stereocenters. The maximum absolute atomic E-state index is 13.8. The molecule has 6 heteroatoms. The van der Waals surface area contributed by atoms with E-state index in [0.29, 0.717) is 35.6 Å². The first-order valence-corrected chi connectivity index (χ1v) is 6.90. The smallest absolute Gasteiger partial charge is 0.260 e. The first-order chi connectivity index (χ1) is 10.7. The zero-order chi connectivity index (χ0) is 15.1. The molecule has 3 aromatic rings. The van der Waals surface area contributed by atoms with Crippen molar-refractivity contribution >= 4 is 22.6 Å². The quantitative estimate of drug-likeness (QED) is 0.751. The summed E-state index contributed by atoms with van der Waals surface area (Å²) in [5.74, 6) is -0.106. The zero-order valence-corrected chi connectivity index (χ0v) is 11.5. The van der Waals surface area contributed by atoms with Crippen molar-refractivity contribution in [3.63, 3.8) is 0 Å². The van der Waals surface area contributed by atoms with E-state index in [2.05, 4.69) is 9.97 Å². The number of anilines is 1. The van der Waals surface area contributed by atoms with E-state index in [0.717, 1.165) is 0 Å². The van der Waals surface area contributed by atoms with E-state index in [1.807, 2.05) is 24.3 Å². The lowest BCUT2D eigenvalue weighted by molar-refractivity contribution is 0.0977. The van der Waals surface area contributed by atoms with E-state index in [4.69, 9.17) is 4.74 Å². The van der Waals surface area contributed by atoms with Crippen molar-refractivity contribution in [2.45, 2.75) is 0 Å². The molecular weight excluding hydrogens is 285 g/mol. The highest BCUT2D eigenvalue weighted by molar-refractivity contribution is 6.13. The third-order valence-electron chi connectivity index (χ3n) is 3.69. The van der Waals surface area contributed by atoms with Crippen molar-refractivity contribution in [2.24, 2.45) is 0 Å². The molecule has 22 heavy (non-hydrogen) atoms. The molecule has 0 saturated heterocycles. The molecule has 2 aromatic carbocycles. The number of nitrogens with zero attached hydrogens (tertiary/aromatic N) is 2. The third-order valence-corrected chi connectivity index (χ3v) is 3.69. The molecule has 5 nitrogen and oxygen atoms in total. The minimum atomic E-state index is -0.471. The molecule has 4 rings (SSSR count). The predicted octanol–water partition coefficient (Wildman–Crippen LogP) is 2.74. The fraction of sp³-hybridized carbons (Fsp3) is 0.125. The number of hydrogen-bond donors (Lipinski definition) is 1. The Kier molecular flexibility index (Phi) is 2.82. The maximum Gasteiger partial charge on any atom is 0.260 e. The molecule has 1 amide bonds. The van der Waals surface area contributed by atoms with Crippen molar-refractivity contribution in [3.8, 4) is 5.75 Å². The van der Waals surface area contributed by atoms with Crippen LogP contribution in [-0.2, 0) is 0 Å². The SMILES string of the molecule is O=C(c1cc(F)cc2[nH]cnc12)N1CCOc2ccccc21. The van der Waals surface area contributed by atoms with Crippen LogP contribution in [0.2, 0.25) is 0 Å². The van der Waals surface area contributed by atoms with E-state index in [-0.39, 0.29) is 11.5 Å².